The van der Waals surface area contributed by atoms with E-state index in [9.17, 15) is 17.6 Å². The highest BCUT2D eigenvalue weighted by Gasteiger charge is 2.34. The molecule has 1 aromatic carbocycles. The molecule has 0 bridgehead atoms. The van der Waals surface area contributed by atoms with Crippen molar-refractivity contribution >= 4 is 11.6 Å². The monoisotopic (exact) mass is 228 g/mol. The molecule has 0 unspecified atom stereocenters. The Morgan fingerprint density at radius 2 is 1.86 bits per heavy atom. The minimum atomic E-state index is -4.72. The molecule has 1 N–H and O–H groups in total. The minimum absolute atomic E-state index is 0.167. The lowest BCUT2D eigenvalue weighted by Crippen LogP contribution is -2.08. The maximum absolute atomic E-state index is 12.8. The van der Waals surface area contributed by atoms with Crippen LogP contribution in [0.15, 0.2) is 12.1 Å². The van der Waals surface area contributed by atoms with E-state index in [0.29, 0.717) is 6.07 Å². The van der Waals surface area contributed by atoms with Gasteiger partial charge in [-0.25, -0.2) is 4.39 Å². The number of hydrogen-bond acceptors (Lipinski definition) is 1. The van der Waals surface area contributed by atoms with Gasteiger partial charge in [0.15, 0.2) is 0 Å². The van der Waals surface area contributed by atoms with Crippen LogP contribution in [0.3, 0.4) is 0 Å². The van der Waals surface area contributed by atoms with Crippen molar-refractivity contribution in [2.24, 2.45) is 0 Å². The van der Waals surface area contributed by atoms with Gasteiger partial charge in [-0.2, -0.15) is 13.2 Å². The van der Waals surface area contributed by atoms with Gasteiger partial charge in [-0.15, -0.1) is 0 Å². The average molecular weight is 229 g/mol. The SMILES string of the molecule is OCc1cc(F)c(Cl)c(C(F)(F)F)c1. The highest BCUT2D eigenvalue weighted by molar-refractivity contribution is 6.31. The molecule has 0 radical (unpaired) electrons. The first-order valence-electron chi connectivity index (χ1n) is 3.52. The molecule has 0 aliphatic rings. The molecule has 0 atom stereocenters. The fraction of sp³-hybridized carbons (Fsp3) is 0.250. The number of aliphatic hydroxyl groups excluding tert-OH is 1. The van der Waals surface area contributed by atoms with E-state index in [2.05, 4.69) is 0 Å². The molecule has 0 aromatic heterocycles. The summed E-state index contributed by atoms with van der Waals surface area (Å²) in [4.78, 5) is 0. The molecule has 14 heavy (non-hydrogen) atoms. The van der Waals surface area contributed by atoms with Gasteiger partial charge < -0.3 is 5.11 Å². The van der Waals surface area contributed by atoms with Crippen LogP contribution in [0, 0.1) is 5.82 Å². The molecular weight excluding hydrogens is 224 g/mol. The topological polar surface area (TPSA) is 20.2 Å². The van der Waals surface area contributed by atoms with E-state index >= 15 is 0 Å². The molecule has 0 saturated carbocycles. The van der Waals surface area contributed by atoms with Crippen molar-refractivity contribution in [2.75, 3.05) is 0 Å². The zero-order chi connectivity index (χ0) is 10.9. The maximum atomic E-state index is 12.8. The Hall–Kier alpha value is -0.810. The quantitative estimate of drug-likeness (QED) is 0.733. The van der Waals surface area contributed by atoms with Gasteiger partial charge in [0.05, 0.1) is 17.2 Å². The number of benzene rings is 1. The summed E-state index contributed by atoms with van der Waals surface area (Å²) in [6.45, 7) is -0.669. The lowest BCUT2D eigenvalue weighted by atomic mass is 10.1. The van der Waals surface area contributed by atoms with E-state index in [1.54, 1.807) is 0 Å². The molecule has 78 valence electrons. The summed E-state index contributed by atoms with van der Waals surface area (Å²) in [5.74, 6) is -1.19. The molecule has 1 rings (SSSR count). The van der Waals surface area contributed by atoms with Crippen LogP contribution in [-0.4, -0.2) is 5.11 Å². The van der Waals surface area contributed by atoms with Crippen LogP contribution in [0.5, 0.6) is 0 Å². The molecule has 0 aliphatic heterocycles. The second kappa shape index (κ2) is 3.74. The van der Waals surface area contributed by atoms with Crippen LogP contribution < -0.4 is 0 Å². The van der Waals surface area contributed by atoms with E-state index < -0.39 is 29.2 Å². The Bertz CT molecular complexity index is 348. The summed E-state index contributed by atoms with van der Waals surface area (Å²) >= 11 is 5.13. The summed E-state index contributed by atoms with van der Waals surface area (Å²) in [5.41, 5.74) is -1.44. The van der Waals surface area contributed by atoms with Crippen molar-refractivity contribution in [1.82, 2.24) is 0 Å². The summed E-state index contributed by atoms with van der Waals surface area (Å²) < 4.78 is 49.5. The van der Waals surface area contributed by atoms with Crippen LogP contribution in [0.4, 0.5) is 17.6 Å². The number of aliphatic hydroxyl groups is 1. The highest BCUT2D eigenvalue weighted by Crippen LogP contribution is 2.36. The standard InChI is InChI=1S/C8H5ClF4O/c9-7-5(8(11,12)13)1-4(3-14)2-6(7)10/h1-2,14H,3H2. The summed E-state index contributed by atoms with van der Waals surface area (Å²) in [7, 11) is 0. The Morgan fingerprint density at radius 3 is 2.29 bits per heavy atom. The molecule has 0 heterocycles. The lowest BCUT2D eigenvalue weighted by Gasteiger charge is -2.10. The third kappa shape index (κ3) is 2.16. The summed E-state index contributed by atoms with van der Waals surface area (Å²) in [6, 6.07) is 1.38. The first-order chi connectivity index (χ1) is 6.36. The van der Waals surface area contributed by atoms with E-state index in [0.717, 1.165) is 6.07 Å². The van der Waals surface area contributed by atoms with Gasteiger partial charge in [-0.1, -0.05) is 11.6 Å². The Morgan fingerprint density at radius 1 is 1.29 bits per heavy atom. The largest absolute Gasteiger partial charge is 0.417 e. The van der Waals surface area contributed by atoms with Crippen LogP contribution in [0.1, 0.15) is 11.1 Å². The van der Waals surface area contributed by atoms with Crippen LogP contribution in [0.25, 0.3) is 0 Å². The predicted octanol–water partition coefficient (Wildman–Crippen LogP) is 2.99. The predicted molar refractivity (Wildman–Crippen MR) is 42.3 cm³/mol. The van der Waals surface area contributed by atoms with Gasteiger partial charge in [0.25, 0.3) is 0 Å². The number of rotatable bonds is 1. The molecule has 0 fully saturated rings. The highest BCUT2D eigenvalue weighted by atomic mass is 35.5. The summed E-state index contributed by atoms with van der Waals surface area (Å²) in [6.07, 6.45) is -4.72. The number of hydrogen-bond donors (Lipinski definition) is 1. The molecule has 0 aliphatic carbocycles. The molecule has 0 saturated heterocycles. The van der Waals surface area contributed by atoms with Gasteiger partial charge in [0, 0.05) is 0 Å². The van der Waals surface area contributed by atoms with Gasteiger partial charge in [0.1, 0.15) is 5.82 Å². The second-order valence-corrected chi connectivity index (χ2v) is 2.97. The maximum Gasteiger partial charge on any atom is 0.417 e. The van der Waals surface area contributed by atoms with Crippen molar-refractivity contribution in [3.05, 3.63) is 34.1 Å². The normalized spacial score (nSPS) is 11.9. The van der Waals surface area contributed by atoms with Crippen molar-refractivity contribution in [3.63, 3.8) is 0 Å². The minimum Gasteiger partial charge on any atom is -0.392 e. The molecule has 1 nitrogen and oxygen atoms in total. The van der Waals surface area contributed by atoms with Crippen molar-refractivity contribution < 1.29 is 22.7 Å². The van der Waals surface area contributed by atoms with Crippen LogP contribution >= 0.6 is 11.6 Å². The third-order valence-electron chi connectivity index (χ3n) is 1.58. The Labute approximate surface area is 81.9 Å². The van der Waals surface area contributed by atoms with Crippen molar-refractivity contribution in [1.29, 1.82) is 0 Å². The van der Waals surface area contributed by atoms with E-state index in [1.807, 2.05) is 0 Å². The second-order valence-electron chi connectivity index (χ2n) is 2.60. The van der Waals surface area contributed by atoms with Crippen LogP contribution in [0.2, 0.25) is 5.02 Å². The number of alkyl halides is 3. The molecule has 1 aromatic rings. The first-order valence-corrected chi connectivity index (χ1v) is 3.90. The van der Waals surface area contributed by atoms with Crippen molar-refractivity contribution in [3.8, 4) is 0 Å². The number of halogens is 5. The molecule has 6 heteroatoms. The van der Waals surface area contributed by atoms with Crippen LogP contribution in [-0.2, 0) is 12.8 Å². The first kappa shape index (κ1) is 11.3. The zero-order valence-corrected chi connectivity index (χ0v) is 7.45. The smallest absolute Gasteiger partial charge is 0.392 e. The average Bonchev–Trinajstić information content (AvgIpc) is 2.07. The van der Waals surface area contributed by atoms with Gasteiger partial charge in [0.2, 0.25) is 0 Å². The lowest BCUT2D eigenvalue weighted by molar-refractivity contribution is -0.137. The third-order valence-corrected chi connectivity index (χ3v) is 1.96. The van der Waals surface area contributed by atoms with Crippen molar-refractivity contribution in [2.45, 2.75) is 12.8 Å². The Balaban J connectivity index is 3.35. The fourth-order valence-corrected chi connectivity index (χ4v) is 1.16. The van der Waals surface area contributed by atoms with E-state index in [-0.39, 0.29) is 5.56 Å². The zero-order valence-electron chi connectivity index (χ0n) is 6.70. The molecule has 0 spiro atoms. The van der Waals surface area contributed by atoms with Gasteiger partial charge >= 0.3 is 6.18 Å². The molecular formula is C8H5ClF4O. The fourth-order valence-electron chi connectivity index (χ4n) is 0.943. The van der Waals surface area contributed by atoms with Gasteiger partial charge in [-0.3, -0.25) is 0 Å². The Kier molecular flexibility index (Phi) is 3.01. The molecule has 0 amide bonds. The summed E-state index contributed by atoms with van der Waals surface area (Å²) in [5, 5.41) is 7.59. The van der Waals surface area contributed by atoms with E-state index in [1.165, 1.54) is 0 Å². The van der Waals surface area contributed by atoms with Gasteiger partial charge in [-0.05, 0) is 17.7 Å². The van der Waals surface area contributed by atoms with E-state index in [4.69, 9.17) is 16.7 Å².